The summed E-state index contributed by atoms with van der Waals surface area (Å²) in [6, 6.07) is 0. The van der Waals surface area contributed by atoms with Crippen molar-refractivity contribution in [1.29, 1.82) is 0 Å². The number of carbonyl (C=O) groups excluding carboxylic acids is 2. The zero-order valence-corrected chi connectivity index (χ0v) is 5.70. The number of aldehydes is 2. The summed E-state index contributed by atoms with van der Waals surface area (Å²) in [5, 5.41) is 0. The van der Waals surface area contributed by atoms with Gasteiger partial charge in [0.1, 0.15) is 12.6 Å². The van der Waals surface area contributed by atoms with Gasteiger partial charge in [0.05, 0.1) is 5.92 Å². The third-order valence-corrected chi connectivity index (χ3v) is 1.45. The molecule has 0 aliphatic rings. The van der Waals surface area contributed by atoms with Crippen LogP contribution in [0, 0.1) is 18.3 Å². The Balaban J connectivity index is 3.77. The molecule has 9 heavy (non-hydrogen) atoms. The van der Waals surface area contributed by atoms with Gasteiger partial charge in [-0.1, -0.05) is 13.8 Å². The van der Waals surface area contributed by atoms with Gasteiger partial charge >= 0.3 is 0 Å². The average molecular weight is 127 g/mol. The zero-order chi connectivity index (χ0) is 7.28. The van der Waals surface area contributed by atoms with E-state index in [4.69, 9.17) is 0 Å². The molecule has 0 saturated heterocycles. The van der Waals surface area contributed by atoms with Crippen molar-refractivity contribution in [3.05, 3.63) is 6.42 Å². The summed E-state index contributed by atoms with van der Waals surface area (Å²) < 4.78 is 0. The Morgan fingerprint density at radius 1 is 1.22 bits per heavy atom. The highest BCUT2D eigenvalue weighted by Crippen LogP contribution is 2.08. The van der Waals surface area contributed by atoms with Crippen molar-refractivity contribution in [1.82, 2.24) is 0 Å². The molecule has 0 saturated carbocycles. The molecule has 1 unspecified atom stereocenters. The molecule has 0 N–H and O–H groups in total. The van der Waals surface area contributed by atoms with Crippen molar-refractivity contribution in [2.45, 2.75) is 13.8 Å². The molecule has 0 spiro atoms. The van der Waals surface area contributed by atoms with E-state index in [9.17, 15) is 9.59 Å². The minimum absolute atomic E-state index is 0.0694. The lowest BCUT2D eigenvalue weighted by Crippen LogP contribution is -2.13. The molecule has 0 aromatic carbocycles. The fraction of sp³-hybridized carbons (Fsp3) is 0.571. The molecular weight excluding hydrogens is 116 g/mol. The number of hydrogen-bond acceptors (Lipinski definition) is 2. The van der Waals surface area contributed by atoms with Gasteiger partial charge in [0.25, 0.3) is 0 Å². The van der Waals surface area contributed by atoms with Crippen LogP contribution in [-0.4, -0.2) is 12.6 Å². The van der Waals surface area contributed by atoms with Crippen LogP contribution in [0.2, 0.25) is 0 Å². The molecule has 0 rings (SSSR count). The standard InChI is InChI=1S/C7H11O2/c1-3-6(2)7(4-8)5-9/h3-7H,1-2H3. The molecule has 0 amide bonds. The first-order valence-corrected chi connectivity index (χ1v) is 2.96. The largest absolute Gasteiger partial charge is 0.303 e. The van der Waals surface area contributed by atoms with Crippen LogP contribution in [0.4, 0.5) is 0 Å². The smallest absolute Gasteiger partial charge is 0.130 e. The normalized spacial score (nSPS) is 13.2. The van der Waals surface area contributed by atoms with Crippen molar-refractivity contribution in [2.24, 2.45) is 11.8 Å². The Hall–Kier alpha value is -0.660. The number of rotatable bonds is 4. The minimum atomic E-state index is -0.449. The molecule has 51 valence electrons. The third kappa shape index (κ3) is 2.40. The zero-order valence-electron chi connectivity index (χ0n) is 5.70. The van der Waals surface area contributed by atoms with Crippen molar-refractivity contribution in [3.8, 4) is 0 Å². The van der Waals surface area contributed by atoms with Gasteiger partial charge in [-0.3, -0.25) is 0 Å². The highest BCUT2D eigenvalue weighted by Gasteiger charge is 2.12. The second-order valence-electron chi connectivity index (χ2n) is 2.04. The van der Waals surface area contributed by atoms with E-state index in [0.717, 1.165) is 0 Å². The maximum absolute atomic E-state index is 10.1. The maximum Gasteiger partial charge on any atom is 0.130 e. The Morgan fingerprint density at radius 2 is 1.67 bits per heavy atom. The molecule has 1 atom stereocenters. The van der Waals surface area contributed by atoms with Gasteiger partial charge in [-0.2, -0.15) is 0 Å². The van der Waals surface area contributed by atoms with Crippen LogP contribution in [0.3, 0.4) is 0 Å². The van der Waals surface area contributed by atoms with E-state index in [1.807, 2.05) is 20.3 Å². The van der Waals surface area contributed by atoms with E-state index in [1.54, 1.807) is 0 Å². The third-order valence-electron chi connectivity index (χ3n) is 1.45. The molecule has 2 heteroatoms. The predicted octanol–water partition coefficient (Wildman–Crippen LogP) is 0.861. The van der Waals surface area contributed by atoms with Crippen LogP contribution < -0.4 is 0 Å². The van der Waals surface area contributed by atoms with Gasteiger partial charge in [-0.25, -0.2) is 0 Å². The SMILES string of the molecule is C[CH]C(C)C(C=O)C=O. The van der Waals surface area contributed by atoms with Crippen LogP contribution >= 0.6 is 0 Å². The summed E-state index contributed by atoms with van der Waals surface area (Å²) in [5.74, 6) is -0.380. The van der Waals surface area contributed by atoms with Crippen molar-refractivity contribution >= 4 is 12.6 Å². The van der Waals surface area contributed by atoms with Gasteiger partial charge in [0.15, 0.2) is 0 Å². The van der Waals surface area contributed by atoms with Crippen LogP contribution in [0.15, 0.2) is 0 Å². The molecule has 0 aliphatic carbocycles. The lowest BCUT2D eigenvalue weighted by Gasteiger charge is -2.07. The molecule has 0 aromatic heterocycles. The van der Waals surface area contributed by atoms with Crippen molar-refractivity contribution in [2.75, 3.05) is 0 Å². The molecule has 0 heterocycles. The molecular formula is C7H11O2. The molecule has 0 aliphatic heterocycles. The first-order valence-electron chi connectivity index (χ1n) is 2.96. The molecule has 2 nitrogen and oxygen atoms in total. The summed E-state index contributed by atoms with van der Waals surface area (Å²) in [6.07, 6.45) is 3.20. The predicted molar refractivity (Wildman–Crippen MR) is 34.8 cm³/mol. The maximum atomic E-state index is 10.1. The topological polar surface area (TPSA) is 34.1 Å². The summed E-state index contributed by atoms with van der Waals surface area (Å²) in [5.41, 5.74) is 0. The van der Waals surface area contributed by atoms with Gasteiger partial charge in [-0.05, 0) is 12.3 Å². The van der Waals surface area contributed by atoms with E-state index >= 15 is 0 Å². The van der Waals surface area contributed by atoms with E-state index < -0.39 is 5.92 Å². The van der Waals surface area contributed by atoms with Gasteiger partial charge in [0.2, 0.25) is 0 Å². The molecule has 1 radical (unpaired) electrons. The van der Waals surface area contributed by atoms with E-state index in [2.05, 4.69) is 0 Å². The van der Waals surface area contributed by atoms with Crippen molar-refractivity contribution in [3.63, 3.8) is 0 Å². The van der Waals surface area contributed by atoms with Crippen LogP contribution in [0.1, 0.15) is 13.8 Å². The molecule has 0 aromatic rings. The fourth-order valence-corrected chi connectivity index (χ4v) is 0.502. The Morgan fingerprint density at radius 3 is 1.78 bits per heavy atom. The number of hydrogen-bond donors (Lipinski definition) is 0. The highest BCUT2D eigenvalue weighted by molar-refractivity contribution is 5.77. The monoisotopic (exact) mass is 127 g/mol. The van der Waals surface area contributed by atoms with Gasteiger partial charge < -0.3 is 9.59 Å². The van der Waals surface area contributed by atoms with E-state index in [1.165, 1.54) is 0 Å². The lowest BCUT2D eigenvalue weighted by atomic mass is 9.95. The van der Waals surface area contributed by atoms with Crippen LogP contribution in [0.5, 0.6) is 0 Å². The second-order valence-corrected chi connectivity index (χ2v) is 2.04. The Kier molecular flexibility index (Phi) is 3.93. The number of carbonyl (C=O) groups is 2. The average Bonchev–Trinajstić information content (AvgIpc) is 1.90. The van der Waals surface area contributed by atoms with Crippen molar-refractivity contribution < 1.29 is 9.59 Å². The molecule has 0 bridgehead atoms. The quantitative estimate of drug-likeness (QED) is 0.414. The lowest BCUT2D eigenvalue weighted by molar-refractivity contribution is -0.120. The Bertz CT molecular complexity index is 91.1. The highest BCUT2D eigenvalue weighted by atomic mass is 16.1. The fourth-order valence-electron chi connectivity index (χ4n) is 0.502. The molecule has 0 fully saturated rings. The first kappa shape index (κ1) is 8.34. The summed E-state index contributed by atoms with van der Waals surface area (Å²) >= 11 is 0. The Labute approximate surface area is 55.3 Å². The minimum Gasteiger partial charge on any atom is -0.303 e. The van der Waals surface area contributed by atoms with E-state index in [-0.39, 0.29) is 5.92 Å². The summed E-state index contributed by atoms with van der Waals surface area (Å²) in [7, 11) is 0. The van der Waals surface area contributed by atoms with Gasteiger partial charge in [-0.15, -0.1) is 0 Å². The van der Waals surface area contributed by atoms with Crippen LogP contribution in [0.25, 0.3) is 0 Å². The summed E-state index contributed by atoms with van der Waals surface area (Å²) in [6.45, 7) is 3.68. The van der Waals surface area contributed by atoms with Crippen LogP contribution in [-0.2, 0) is 9.59 Å². The van der Waals surface area contributed by atoms with E-state index in [0.29, 0.717) is 12.6 Å². The summed E-state index contributed by atoms with van der Waals surface area (Å²) in [4.78, 5) is 20.2. The second kappa shape index (κ2) is 4.24. The first-order chi connectivity index (χ1) is 4.26. The van der Waals surface area contributed by atoms with Gasteiger partial charge in [0, 0.05) is 0 Å².